The summed E-state index contributed by atoms with van der Waals surface area (Å²) in [5.74, 6) is 1.47. The highest BCUT2D eigenvalue weighted by Crippen LogP contribution is 2.13. The van der Waals surface area contributed by atoms with Gasteiger partial charge in [-0.05, 0) is 12.1 Å². The lowest BCUT2D eigenvalue weighted by Crippen LogP contribution is -2.54. The summed E-state index contributed by atoms with van der Waals surface area (Å²) in [6.45, 7) is 2.57. The van der Waals surface area contributed by atoms with Gasteiger partial charge in [-0.1, -0.05) is 11.2 Å². The van der Waals surface area contributed by atoms with Crippen LogP contribution >= 0.6 is 24.0 Å². The lowest BCUT2D eigenvalue weighted by Gasteiger charge is -2.35. The van der Waals surface area contributed by atoms with Crippen LogP contribution in [0.25, 0.3) is 5.65 Å². The minimum Gasteiger partial charge on any atom is -0.364 e. The number of sulfonamides is 1. The monoisotopic (exact) mass is 560 g/mol. The molecule has 0 bridgehead atoms. The Balaban J connectivity index is 0.00000272. The minimum absolute atomic E-state index is 0. The third-order valence-corrected chi connectivity index (χ3v) is 6.79. The average molecular weight is 560 g/mol. The summed E-state index contributed by atoms with van der Waals surface area (Å²) < 4.78 is 33.3. The summed E-state index contributed by atoms with van der Waals surface area (Å²) in [5.41, 5.74) is 1.23. The molecule has 4 heterocycles. The number of nitrogens with zero attached hydrogens (tertiary/aromatic N) is 7. The van der Waals surface area contributed by atoms with Gasteiger partial charge in [-0.3, -0.25) is 9.39 Å². The Morgan fingerprint density at radius 1 is 1.19 bits per heavy atom. The molecule has 11 nitrogen and oxygen atoms in total. The van der Waals surface area contributed by atoms with Crippen molar-refractivity contribution < 1.29 is 12.9 Å². The van der Waals surface area contributed by atoms with Crippen LogP contribution in [0.3, 0.4) is 0 Å². The number of hydrogen-bond donors (Lipinski definition) is 1. The molecule has 0 atom stereocenters. The predicted molar refractivity (Wildman–Crippen MR) is 126 cm³/mol. The van der Waals surface area contributed by atoms with Crippen molar-refractivity contribution in [2.75, 3.05) is 39.8 Å². The molecule has 1 saturated heterocycles. The van der Waals surface area contributed by atoms with Crippen LogP contribution in [0.5, 0.6) is 0 Å². The van der Waals surface area contributed by atoms with Gasteiger partial charge in [-0.15, -0.1) is 34.2 Å². The number of fused-ring (bicyclic) bond motifs is 1. The van der Waals surface area contributed by atoms with Gasteiger partial charge in [-0.2, -0.15) is 4.31 Å². The largest absolute Gasteiger partial charge is 0.364 e. The molecule has 0 spiro atoms. The van der Waals surface area contributed by atoms with Crippen molar-refractivity contribution in [2.45, 2.75) is 12.2 Å². The van der Waals surface area contributed by atoms with E-state index in [1.54, 1.807) is 13.1 Å². The number of nitrogens with one attached hydrogen (secondary N) is 1. The zero-order chi connectivity index (χ0) is 21.0. The minimum atomic E-state index is -3.42. The molecule has 1 N–H and O–H groups in total. The number of aromatic nitrogens is 4. The van der Waals surface area contributed by atoms with Crippen LogP contribution < -0.4 is 5.32 Å². The lowest BCUT2D eigenvalue weighted by molar-refractivity contribution is 0.260. The Bertz CT molecular complexity index is 1110. The van der Waals surface area contributed by atoms with Crippen LogP contribution in [0.2, 0.25) is 0 Å². The van der Waals surface area contributed by atoms with Crippen LogP contribution in [0.4, 0.5) is 0 Å². The van der Waals surface area contributed by atoms with Crippen molar-refractivity contribution >= 4 is 45.6 Å². The van der Waals surface area contributed by atoms with Gasteiger partial charge in [0.05, 0.1) is 5.69 Å². The Kier molecular flexibility index (Phi) is 7.83. The first-order valence-corrected chi connectivity index (χ1v) is 11.3. The van der Waals surface area contributed by atoms with E-state index in [1.165, 1.54) is 10.6 Å². The molecule has 31 heavy (non-hydrogen) atoms. The van der Waals surface area contributed by atoms with E-state index in [-0.39, 0.29) is 29.7 Å². The summed E-state index contributed by atoms with van der Waals surface area (Å²) in [5, 5.41) is 15.4. The molecule has 0 saturated carbocycles. The quantitative estimate of drug-likeness (QED) is 0.265. The standard InChI is InChI=1S/C18H24N8O3S.HI/c1-19-18(20-7-5-17-22-21-16-4-2-3-8-26(16)17)24-9-11-25(12-10-24)30(27,28)14-15-6-13-29-23-15;/h2-4,6,8,13H,5,7,9-12,14H2,1H3,(H,19,20);1H. The fourth-order valence-corrected chi connectivity index (χ4v) is 4.87. The van der Waals surface area contributed by atoms with Gasteiger partial charge in [0, 0.05) is 58.5 Å². The van der Waals surface area contributed by atoms with Gasteiger partial charge in [0.25, 0.3) is 0 Å². The van der Waals surface area contributed by atoms with Gasteiger partial charge < -0.3 is 14.7 Å². The lowest BCUT2D eigenvalue weighted by atomic mass is 10.3. The fourth-order valence-electron chi connectivity index (χ4n) is 3.45. The van der Waals surface area contributed by atoms with E-state index in [9.17, 15) is 8.42 Å². The molecule has 3 aromatic heterocycles. The Morgan fingerprint density at radius 3 is 2.71 bits per heavy atom. The first-order chi connectivity index (χ1) is 14.6. The summed E-state index contributed by atoms with van der Waals surface area (Å²) >= 11 is 0. The SMILES string of the molecule is CN=C(NCCc1nnc2ccccn12)N1CCN(S(=O)(=O)Cc2ccon2)CC1.I. The molecule has 4 rings (SSSR count). The number of pyridine rings is 1. The highest BCUT2D eigenvalue weighted by molar-refractivity contribution is 14.0. The van der Waals surface area contributed by atoms with Gasteiger partial charge in [-0.25, -0.2) is 8.42 Å². The number of halogens is 1. The highest BCUT2D eigenvalue weighted by atomic mass is 127. The van der Waals surface area contributed by atoms with E-state index in [0.29, 0.717) is 44.8 Å². The first-order valence-electron chi connectivity index (χ1n) is 9.68. The second-order valence-corrected chi connectivity index (χ2v) is 8.87. The van der Waals surface area contributed by atoms with Crippen LogP contribution in [0.15, 0.2) is 46.2 Å². The number of guanidine groups is 1. The molecule has 0 amide bonds. The van der Waals surface area contributed by atoms with E-state index in [0.717, 1.165) is 17.4 Å². The van der Waals surface area contributed by atoms with Crippen molar-refractivity contribution in [1.29, 1.82) is 0 Å². The smallest absolute Gasteiger partial charge is 0.220 e. The molecule has 1 fully saturated rings. The second-order valence-electron chi connectivity index (χ2n) is 6.90. The zero-order valence-corrected chi connectivity index (χ0v) is 20.2. The third-order valence-electron chi connectivity index (χ3n) is 4.98. The van der Waals surface area contributed by atoms with E-state index in [4.69, 9.17) is 4.52 Å². The average Bonchev–Trinajstić information content (AvgIpc) is 3.41. The number of hydrogen-bond acceptors (Lipinski definition) is 7. The zero-order valence-electron chi connectivity index (χ0n) is 17.1. The topological polar surface area (TPSA) is 121 Å². The van der Waals surface area contributed by atoms with Crippen LogP contribution in [-0.4, -0.2) is 83.1 Å². The van der Waals surface area contributed by atoms with Crippen molar-refractivity contribution in [3.8, 4) is 0 Å². The molecule has 0 unspecified atom stereocenters. The highest BCUT2D eigenvalue weighted by Gasteiger charge is 2.28. The van der Waals surface area contributed by atoms with Crippen molar-refractivity contribution in [3.05, 3.63) is 48.2 Å². The maximum absolute atomic E-state index is 12.6. The van der Waals surface area contributed by atoms with Crippen molar-refractivity contribution in [1.82, 2.24) is 34.3 Å². The molecule has 1 aliphatic rings. The predicted octanol–water partition coefficient (Wildman–Crippen LogP) is 0.601. The van der Waals surface area contributed by atoms with Crippen LogP contribution in [0.1, 0.15) is 11.5 Å². The van der Waals surface area contributed by atoms with Gasteiger partial charge in [0.1, 0.15) is 17.8 Å². The maximum Gasteiger partial charge on any atom is 0.220 e. The molecule has 168 valence electrons. The molecule has 3 aromatic rings. The molecule has 1 aliphatic heterocycles. The van der Waals surface area contributed by atoms with Crippen LogP contribution in [-0.2, 0) is 22.2 Å². The number of rotatable bonds is 6. The summed E-state index contributed by atoms with van der Waals surface area (Å²) in [7, 11) is -1.70. The van der Waals surface area contributed by atoms with Crippen LogP contribution in [0, 0.1) is 0 Å². The maximum atomic E-state index is 12.6. The molecular weight excluding hydrogens is 535 g/mol. The summed E-state index contributed by atoms with van der Waals surface area (Å²) in [4.78, 5) is 6.40. The van der Waals surface area contributed by atoms with E-state index >= 15 is 0 Å². The summed E-state index contributed by atoms with van der Waals surface area (Å²) in [6.07, 6.45) is 4.01. The molecular formula is C18H25IN8O3S. The van der Waals surface area contributed by atoms with E-state index < -0.39 is 10.0 Å². The number of aliphatic imine (C=N–C) groups is 1. The molecule has 0 radical (unpaired) electrons. The Labute approximate surface area is 197 Å². The van der Waals surface area contributed by atoms with Gasteiger partial charge in [0.2, 0.25) is 10.0 Å². The first kappa shape index (κ1) is 23.4. The second kappa shape index (κ2) is 10.4. The van der Waals surface area contributed by atoms with Crippen molar-refractivity contribution in [2.24, 2.45) is 4.99 Å². The normalized spacial score (nSPS) is 15.8. The molecule has 0 aliphatic carbocycles. The third kappa shape index (κ3) is 5.51. The number of piperazine rings is 1. The fraction of sp³-hybridized carbons (Fsp3) is 0.444. The van der Waals surface area contributed by atoms with E-state index in [1.807, 2.05) is 28.8 Å². The van der Waals surface area contributed by atoms with Gasteiger partial charge >= 0.3 is 0 Å². The molecule has 0 aromatic carbocycles. The van der Waals surface area contributed by atoms with E-state index in [2.05, 4.69) is 30.6 Å². The Morgan fingerprint density at radius 2 is 2.00 bits per heavy atom. The van der Waals surface area contributed by atoms with Crippen molar-refractivity contribution in [3.63, 3.8) is 0 Å². The van der Waals surface area contributed by atoms with Gasteiger partial charge in [0.15, 0.2) is 11.6 Å². The Hall–Kier alpha value is -2.26. The molecule has 13 heteroatoms. The summed E-state index contributed by atoms with van der Waals surface area (Å²) in [6, 6.07) is 7.36.